The largest absolute Gasteiger partial charge is 0.364 e. The molecule has 0 heterocycles. The fourth-order valence-corrected chi connectivity index (χ4v) is 7.12. The summed E-state index contributed by atoms with van der Waals surface area (Å²) in [7, 11) is 0. The van der Waals surface area contributed by atoms with Crippen LogP contribution >= 0.6 is 0 Å². The third kappa shape index (κ3) is 5.86. The highest BCUT2D eigenvalue weighted by molar-refractivity contribution is 4.96. The van der Waals surface area contributed by atoms with Crippen LogP contribution in [0.25, 0.3) is 0 Å². The quantitative estimate of drug-likeness (QED) is 0.347. The molecule has 0 aromatic heterocycles. The second kappa shape index (κ2) is 10.8. The lowest BCUT2D eigenvalue weighted by Crippen LogP contribution is -2.52. The van der Waals surface area contributed by atoms with Crippen molar-refractivity contribution in [2.24, 2.45) is 29.6 Å². The number of alkyl halides is 8. The van der Waals surface area contributed by atoms with E-state index in [0.717, 1.165) is 38.5 Å². The average molecular weight is 505 g/mol. The fraction of sp³-hybridized carbons (Fsp3) is 1.00. The summed E-state index contributed by atoms with van der Waals surface area (Å²) in [4.78, 5) is 0. The van der Waals surface area contributed by atoms with Crippen LogP contribution in [-0.4, -0.2) is 49.2 Å². The molecule has 4 rings (SSSR count). The van der Waals surface area contributed by atoms with Gasteiger partial charge in [-0.2, -0.15) is 8.78 Å². The molecule has 0 aromatic carbocycles. The molecule has 4 fully saturated rings. The molecule has 0 N–H and O–H groups in total. The standard InChI is InChI=1S/C25H36F8O/c26-17-7-5-14(6-8-17)13-1-3-15(4-2-13)16-9-19(27)23(20(28)10-16)25(32,33)34-18-11-21(29)24(31)22(30)12-18/h13-24H,1-12H2. The van der Waals surface area contributed by atoms with Crippen molar-refractivity contribution in [3.8, 4) is 0 Å². The third-order valence-electron chi connectivity index (χ3n) is 9.07. The SMILES string of the molecule is FC1CCC(C2CCC(C3CC(F)C(C(F)(F)OC4CC(F)C(F)C(F)C4)C(F)C3)CC2)CC1. The summed E-state index contributed by atoms with van der Waals surface area (Å²) in [5.41, 5.74) is 0. The Kier molecular flexibility index (Phi) is 8.40. The van der Waals surface area contributed by atoms with E-state index in [0.29, 0.717) is 24.7 Å². The highest BCUT2D eigenvalue weighted by Gasteiger charge is 2.57. The first kappa shape index (κ1) is 26.5. The maximum Gasteiger partial charge on any atom is 0.364 e. The minimum absolute atomic E-state index is 0.0696. The Morgan fingerprint density at radius 2 is 0.912 bits per heavy atom. The number of hydrogen-bond acceptors (Lipinski definition) is 1. The van der Waals surface area contributed by atoms with Gasteiger partial charge in [0, 0.05) is 12.8 Å². The van der Waals surface area contributed by atoms with Crippen LogP contribution in [0.2, 0.25) is 0 Å². The van der Waals surface area contributed by atoms with E-state index in [2.05, 4.69) is 4.74 Å². The second-order valence-corrected chi connectivity index (χ2v) is 11.2. The monoisotopic (exact) mass is 504 g/mol. The molecule has 0 saturated heterocycles. The maximum absolute atomic E-state index is 14.9. The Labute approximate surface area is 196 Å². The van der Waals surface area contributed by atoms with Crippen LogP contribution < -0.4 is 0 Å². The molecule has 4 saturated carbocycles. The van der Waals surface area contributed by atoms with Crippen LogP contribution in [0.3, 0.4) is 0 Å². The molecular formula is C25H36F8O. The van der Waals surface area contributed by atoms with Crippen molar-refractivity contribution in [1.29, 1.82) is 0 Å². The Morgan fingerprint density at radius 1 is 0.500 bits per heavy atom. The summed E-state index contributed by atoms with van der Waals surface area (Å²) < 4.78 is 118. The number of halogens is 8. The van der Waals surface area contributed by atoms with Crippen molar-refractivity contribution < 1.29 is 39.9 Å². The van der Waals surface area contributed by atoms with Gasteiger partial charge in [0.1, 0.15) is 36.8 Å². The van der Waals surface area contributed by atoms with E-state index in [4.69, 9.17) is 0 Å². The molecule has 4 aliphatic carbocycles. The van der Waals surface area contributed by atoms with Gasteiger partial charge >= 0.3 is 6.11 Å². The Morgan fingerprint density at radius 3 is 1.38 bits per heavy atom. The van der Waals surface area contributed by atoms with Crippen LogP contribution in [0, 0.1) is 29.6 Å². The molecule has 0 amide bonds. The minimum atomic E-state index is -4.23. The van der Waals surface area contributed by atoms with Gasteiger partial charge in [-0.25, -0.2) is 26.3 Å². The molecule has 0 aromatic rings. The zero-order chi connectivity index (χ0) is 24.6. The first-order chi connectivity index (χ1) is 16.0. The summed E-state index contributed by atoms with van der Waals surface area (Å²) in [6.07, 6.45) is -13.3. The van der Waals surface area contributed by atoms with Crippen LogP contribution in [0.5, 0.6) is 0 Å². The lowest BCUT2D eigenvalue weighted by Gasteiger charge is -2.44. The van der Waals surface area contributed by atoms with E-state index in [9.17, 15) is 35.1 Å². The maximum atomic E-state index is 14.9. The van der Waals surface area contributed by atoms with Gasteiger partial charge in [-0.05, 0) is 87.9 Å². The number of hydrogen-bond donors (Lipinski definition) is 0. The van der Waals surface area contributed by atoms with Gasteiger partial charge in [0.25, 0.3) is 0 Å². The predicted octanol–water partition coefficient (Wildman–Crippen LogP) is 7.81. The molecule has 9 heteroatoms. The van der Waals surface area contributed by atoms with Gasteiger partial charge in [0.15, 0.2) is 6.17 Å². The molecule has 0 spiro atoms. The Balaban J connectivity index is 1.29. The van der Waals surface area contributed by atoms with Crippen LogP contribution in [0.4, 0.5) is 35.1 Å². The van der Waals surface area contributed by atoms with Crippen molar-refractivity contribution in [3.05, 3.63) is 0 Å². The first-order valence-corrected chi connectivity index (χ1v) is 12.9. The van der Waals surface area contributed by atoms with Crippen molar-refractivity contribution in [2.75, 3.05) is 0 Å². The molecule has 0 bridgehead atoms. The highest BCUT2D eigenvalue weighted by Crippen LogP contribution is 2.50. The molecule has 0 aliphatic heterocycles. The summed E-state index contributed by atoms with van der Waals surface area (Å²) in [6, 6.07) is 0. The smallest absolute Gasteiger partial charge is 0.317 e. The summed E-state index contributed by atoms with van der Waals surface area (Å²) in [5, 5.41) is 0. The van der Waals surface area contributed by atoms with Gasteiger partial charge in [0.05, 0.1) is 6.10 Å². The van der Waals surface area contributed by atoms with Gasteiger partial charge < -0.3 is 4.74 Å². The zero-order valence-corrected chi connectivity index (χ0v) is 19.3. The van der Waals surface area contributed by atoms with E-state index in [1.54, 1.807) is 0 Å². The summed E-state index contributed by atoms with van der Waals surface area (Å²) in [5.74, 6) is -1.61. The molecule has 4 unspecified atom stereocenters. The molecule has 4 aliphatic rings. The van der Waals surface area contributed by atoms with Gasteiger partial charge in [-0.1, -0.05) is 0 Å². The van der Waals surface area contributed by atoms with Crippen molar-refractivity contribution in [1.82, 2.24) is 0 Å². The Bertz CT molecular complexity index is 625. The number of rotatable bonds is 5. The average Bonchev–Trinajstić information content (AvgIpc) is 2.77. The lowest BCUT2D eigenvalue weighted by atomic mass is 9.65. The molecule has 1 nitrogen and oxygen atoms in total. The van der Waals surface area contributed by atoms with E-state index in [1.807, 2.05) is 0 Å². The van der Waals surface area contributed by atoms with Crippen molar-refractivity contribution >= 4 is 0 Å². The van der Waals surface area contributed by atoms with Crippen molar-refractivity contribution in [2.45, 2.75) is 126 Å². The van der Waals surface area contributed by atoms with E-state index < -0.39 is 68.0 Å². The van der Waals surface area contributed by atoms with Gasteiger partial charge in [-0.3, -0.25) is 0 Å². The van der Waals surface area contributed by atoms with Crippen LogP contribution in [-0.2, 0) is 4.74 Å². The summed E-state index contributed by atoms with van der Waals surface area (Å²) >= 11 is 0. The zero-order valence-electron chi connectivity index (χ0n) is 19.3. The van der Waals surface area contributed by atoms with Crippen molar-refractivity contribution in [3.63, 3.8) is 0 Å². The molecule has 198 valence electrons. The fourth-order valence-electron chi connectivity index (χ4n) is 7.12. The topological polar surface area (TPSA) is 9.23 Å². The third-order valence-corrected chi connectivity index (χ3v) is 9.07. The number of ether oxygens (including phenoxy) is 1. The van der Waals surface area contributed by atoms with Gasteiger partial charge in [0.2, 0.25) is 0 Å². The molecule has 0 radical (unpaired) electrons. The highest BCUT2D eigenvalue weighted by atomic mass is 19.3. The summed E-state index contributed by atoms with van der Waals surface area (Å²) in [6.45, 7) is 0. The minimum Gasteiger partial charge on any atom is -0.317 e. The first-order valence-electron chi connectivity index (χ1n) is 12.9. The molecule has 34 heavy (non-hydrogen) atoms. The van der Waals surface area contributed by atoms with E-state index in [1.165, 1.54) is 0 Å². The van der Waals surface area contributed by atoms with Crippen LogP contribution in [0.15, 0.2) is 0 Å². The normalized spacial score (nSPS) is 49.1. The lowest BCUT2D eigenvalue weighted by molar-refractivity contribution is -0.323. The van der Waals surface area contributed by atoms with E-state index in [-0.39, 0.29) is 24.7 Å². The Hall–Kier alpha value is -0.600. The second-order valence-electron chi connectivity index (χ2n) is 11.2. The molecular weight excluding hydrogens is 468 g/mol. The predicted molar refractivity (Wildman–Crippen MR) is 112 cm³/mol. The van der Waals surface area contributed by atoms with E-state index >= 15 is 0 Å². The van der Waals surface area contributed by atoms with Gasteiger partial charge in [-0.15, -0.1) is 0 Å². The molecule has 4 atom stereocenters. The van der Waals surface area contributed by atoms with Crippen LogP contribution in [0.1, 0.15) is 77.0 Å².